The zero-order valence-electron chi connectivity index (χ0n) is 17.0. The van der Waals surface area contributed by atoms with Crippen LogP contribution < -0.4 is 10.6 Å². The van der Waals surface area contributed by atoms with Gasteiger partial charge in [-0.2, -0.15) is 0 Å². The number of benzene rings is 1. The molecule has 2 unspecified atom stereocenters. The predicted octanol–water partition coefficient (Wildman–Crippen LogP) is 3.43. The van der Waals surface area contributed by atoms with E-state index < -0.39 is 29.5 Å². The molecule has 0 saturated heterocycles. The van der Waals surface area contributed by atoms with Crippen molar-refractivity contribution >= 4 is 28.9 Å². The van der Waals surface area contributed by atoms with Crippen molar-refractivity contribution in [2.24, 2.45) is 11.8 Å². The number of aliphatic carboxylic acids is 1. The third-order valence-corrected chi connectivity index (χ3v) is 4.59. The molecule has 29 heavy (non-hydrogen) atoms. The van der Waals surface area contributed by atoms with Gasteiger partial charge in [-0.25, -0.2) is 0 Å². The molecule has 0 spiro atoms. The number of carbonyl (C=O) groups is 3. The number of furan rings is 1. The summed E-state index contributed by atoms with van der Waals surface area (Å²) in [4.78, 5) is 35.7. The lowest BCUT2D eigenvalue weighted by Crippen LogP contribution is -2.43. The lowest BCUT2D eigenvalue weighted by molar-refractivity contribution is -0.140. The minimum atomic E-state index is -0.970. The summed E-state index contributed by atoms with van der Waals surface area (Å²) in [5, 5.41) is 15.6. The van der Waals surface area contributed by atoms with Crippen molar-refractivity contribution in [1.29, 1.82) is 0 Å². The number of nitrogens with one attached hydrogen (secondary N) is 2. The van der Waals surface area contributed by atoms with Crippen LogP contribution in [0.15, 0.2) is 47.3 Å². The fourth-order valence-electron chi connectivity index (χ4n) is 3.11. The number of hydrogen-bond acceptors (Lipinski definition) is 6. The number of ketones is 2. The van der Waals surface area contributed by atoms with Crippen LogP contribution in [0.3, 0.4) is 0 Å². The van der Waals surface area contributed by atoms with Crippen molar-refractivity contribution in [2.75, 3.05) is 11.9 Å². The van der Waals surface area contributed by atoms with E-state index in [1.165, 1.54) is 13.2 Å². The van der Waals surface area contributed by atoms with Crippen LogP contribution in [0.4, 0.5) is 11.4 Å². The van der Waals surface area contributed by atoms with Crippen molar-refractivity contribution in [3.63, 3.8) is 0 Å². The molecule has 2 aromatic rings. The molecule has 156 valence electrons. The van der Waals surface area contributed by atoms with Gasteiger partial charge in [-0.1, -0.05) is 32.0 Å². The molecule has 1 heterocycles. The number of carboxylic acids is 1. The van der Waals surface area contributed by atoms with Crippen LogP contribution >= 0.6 is 0 Å². The average molecular weight is 400 g/mol. The summed E-state index contributed by atoms with van der Waals surface area (Å²) < 4.78 is 5.30. The number of Topliss-reactive ketones (excluding diaryl/α,β-unsaturated/α-hetero) is 2. The Kier molecular flexibility index (Phi) is 8.15. The Morgan fingerprint density at radius 3 is 2.38 bits per heavy atom. The third-order valence-electron chi connectivity index (χ3n) is 4.59. The molecule has 2 rings (SSSR count). The standard InChI is InChI=1S/C22H28N2O5/c1-14(2)9-19(22(27)28)23-11-16(21(26)15(3)25)10-17-12-29-13-20(17)24-18-7-5-4-6-8-18/h4-8,12-14,16,19,23-24H,9-11H2,1-3H3,(H,27,28). The Balaban J connectivity index is 2.13. The van der Waals surface area contributed by atoms with Crippen LogP contribution in [0.25, 0.3) is 0 Å². The molecule has 7 heteroatoms. The fourth-order valence-corrected chi connectivity index (χ4v) is 3.11. The molecular weight excluding hydrogens is 372 g/mol. The first kappa shape index (κ1) is 22.4. The lowest BCUT2D eigenvalue weighted by atomic mass is 9.93. The SMILES string of the molecule is CC(=O)C(=O)C(CNC(CC(C)C)C(=O)O)Cc1cocc1Nc1ccccc1. The summed E-state index contributed by atoms with van der Waals surface area (Å²) in [6.45, 7) is 5.19. The molecule has 0 amide bonds. The van der Waals surface area contributed by atoms with Crippen molar-refractivity contribution in [3.05, 3.63) is 48.4 Å². The van der Waals surface area contributed by atoms with Crippen molar-refractivity contribution in [2.45, 2.75) is 39.7 Å². The van der Waals surface area contributed by atoms with E-state index in [1.807, 2.05) is 44.2 Å². The second kappa shape index (κ2) is 10.6. The summed E-state index contributed by atoms with van der Waals surface area (Å²) >= 11 is 0. The summed E-state index contributed by atoms with van der Waals surface area (Å²) in [5.41, 5.74) is 2.31. The molecule has 0 aliphatic heterocycles. The zero-order valence-corrected chi connectivity index (χ0v) is 17.0. The lowest BCUT2D eigenvalue weighted by Gasteiger charge is -2.20. The number of hydrogen-bond donors (Lipinski definition) is 3. The van der Waals surface area contributed by atoms with Gasteiger partial charge >= 0.3 is 5.97 Å². The van der Waals surface area contributed by atoms with Crippen LogP contribution in [-0.4, -0.2) is 35.2 Å². The van der Waals surface area contributed by atoms with Crippen LogP contribution in [0, 0.1) is 11.8 Å². The Hall–Kier alpha value is -2.93. The largest absolute Gasteiger partial charge is 0.480 e. The van der Waals surface area contributed by atoms with E-state index in [2.05, 4.69) is 10.6 Å². The molecule has 7 nitrogen and oxygen atoms in total. The summed E-state index contributed by atoms with van der Waals surface area (Å²) in [7, 11) is 0. The van der Waals surface area contributed by atoms with E-state index in [4.69, 9.17) is 4.42 Å². The predicted molar refractivity (Wildman–Crippen MR) is 110 cm³/mol. The van der Waals surface area contributed by atoms with Gasteiger partial charge in [0.05, 0.1) is 12.0 Å². The monoisotopic (exact) mass is 400 g/mol. The molecule has 1 aromatic carbocycles. The van der Waals surface area contributed by atoms with Crippen LogP contribution in [0.1, 0.15) is 32.8 Å². The molecule has 0 saturated carbocycles. The van der Waals surface area contributed by atoms with E-state index in [0.717, 1.165) is 11.3 Å². The van der Waals surface area contributed by atoms with E-state index in [-0.39, 0.29) is 18.9 Å². The summed E-state index contributed by atoms with van der Waals surface area (Å²) in [6, 6.07) is 8.73. The van der Waals surface area contributed by atoms with Crippen LogP contribution in [-0.2, 0) is 20.8 Å². The number of anilines is 2. The van der Waals surface area contributed by atoms with Gasteiger partial charge in [0.15, 0.2) is 5.78 Å². The molecule has 0 aliphatic carbocycles. The van der Waals surface area contributed by atoms with Gasteiger partial charge in [0.25, 0.3) is 0 Å². The second-order valence-corrected chi connectivity index (χ2v) is 7.55. The van der Waals surface area contributed by atoms with Gasteiger partial charge in [-0.15, -0.1) is 0 Å². The smallest absolute Gasteiger partial charge is 0.320 e. The van der Waals surface area contributed by atoms with Gasteiger partial charge in [0.2, 0.25) is 5.78 Å². The fraction of sp³-hybridized carbons (Fsp3) is 0.409. The molecule has 0 radical (unpaired) electrons. The Labute approximate surface area is 170 Å². The highest BCUT2D eigenvalue weighted by Crippen LogP contribution is 2.25. The van der Waals surface area contributed by atoms with E-state index in [9.17, 15) is 19.5 Å². The number of carbonyl (C=O) groups excluding carboxylic acids is 2. The average Bonchev–Trinajstić information content (AvgIpc) is 3.10. The first-order valence-electron chi connectivity index (χ1n) is 9.66. The summed E-state index contributed by atoms with van der Waals surface area (Å²) in [6.07, 6.45) is 3.77. The van der Waals surface area contributed by atoms with Gasteiger partial charge in [0, 0.05) is 30.6 Å². The first-order chi connectivity index (χ1) is 13.8. The highest BCUT2D eigenvalue weighted by Gasteiger charge is 2.27. The Morgan fingerprint density at radius 1 is 1.10 bits per heavy atom. The molecule has 0 aliphatic rings. The normalized spacial score (nSPS) is 13.1. The van der Waals surface area contributed by atoms with Gasteiger partial charge in [0.1, 0.15) is 12.3 Å². The van der Waals surface area contributed by atoms with Gasteiger partial charge in [-0.3, -0.25) is 14.4 Å². The quantitative estimate of drug-likeness (QED) is 0.468. The minimum absolute atomic E-state index is 0.0953. The molecule has 1 aromatic heterocycles. The van der Waals surface area contributed by atoms with Crippen molar-refractivity contribution < 1.29 is 23.9 Å². The number of carboxylic acid groups (broad SMARTS) is 1. The Morgan fingerprint density at radius 2 is 1.79 bits per heavy atom. The van der Waals surface area contributed by atoms with E-state index in [0.29, 0.717) is 12.1 Å². The van der Waals surface area contributed by atoms with Crippen molar-refractivity contribution in [3.8, 4) is 0 Å². The van der Waals surface area contributed by atoms with E-state index >= 15 is 0 Å². The van der Waals surface area contributed by atoms with Gasteiger partial charge in [-0.05, 0) is 30.9 Å². The molecule has 0 bridgehead atoms. The number of rotatable bonds is 12. The van der Waals surface area contributed by atoms with E-state index in [1.54, 1.807) is 6.26 Å². The minimum Gasteiger partial charge on any atom is -0.480 e. The molecule has 3 N–H and O–H groups in total. The summed E-state index contributed by atoms with van der Waals surface area (Å²) in [5.74, 6) is -2.55. The topological polar surface area (TPSA) is 109 Å². The maximum Gasteiger partial charge on any atom is 0.320 e. The van der Waals surface area contributed by atoms with Crippen LogP contribution in [0.5, 0.6) is 0 Å². The molecule has 0 fully saturated rings. The van der Waals surface area contributed by atoms with Crippen molar-refractivity contribution in [1.82, 2.24) is 5.32 Å². The maximum atomic E-state index is 12.5. The maximum absolute atomic E-state index is 12.5. The highest BCUT2D eigenvalue weighted by atomic mass is 16.4. The second-order valence-electron chi connectivity index (χ2n) is 7.55. The molecular formula is C22H28N2O5. The molecule has 2 atom stereocenters. The Bertz CT molecular complexity index is 829. The first-order valence-corrected chi connectivity index (χ1v) is 9.66. The van der Waals surface area contributed by atoms with Gasteiger partial charge < -0.3 is 20.2 Å². The number of para-hydroxylation sites is 1. The zero-order chi connectivity index (χ0) is 21.4. The third kappa shape index (κ3) is 6.87. The van der Waals surface area contributed by atoms with Crippen LogP contribution in [0.2, 0.25) is 0 Å². The highest BCUT2D eigenvalue weighted by molar-refractivity contribution is 6.37.